The summed E-state index contributed by atoms with van der Waals surface area (Å²) in [5, 5.41) is 5.42. The minimum absolute atomic E-state index is 0.155. The Kier molecular flexibility index (Phi) is 6.31. The van der Waals surface area contributed by atoms with Gasteiger partial charge in [-0.05, 0) is 68.8 Å². The molecule has 0 atom stereocenters. The lowest BCUT2D eigenvalue weighted by Gasteiger charge is -2.20. The lowest BCUT2D eigenvalue weighted by atomic mass is 10.1. The number of amides is 1. The average molecular weight is 396 g/mol. The molecule has 0 aliphatic heterocycles. The van der Waals surface area contributed by atoms with E-state index in [1.165, 1.54) is 11.3 Å². The summed E-state index contributed by atoms with van der Waals surface area (Å²) in [6.07, 6.45) is 0. The van der Waals surface area contributed by atoms with E-state index in [0.717, 1.165) is 41.3 Å². The normalized spacial score (nSPS) is 10.6. The lowest BCUT2D eigenvalue weighted by Crippen LogP contribution is -2.21. The molecule has 0 radical (unpaired) electrons. The van der Waals surface area contributed by atoms with Crippen LogP contribution in [-0.4, -0.2) is 31.1 Å². The van der Waals surface area contributed by atoms with Crippen LogP contribution in [0.2, 0.25) is 0 Å². The monoisotopic (exact) mass is 395 g/mol. The maximum Gasteiger partial charge on any atom is 0.257 e. The average Bonchev–Trinajstić information content (AvgIpc) is 3.18. The molecule has 0 saturated heterocycles. The molecular formula is C22H25N3O2S. The van der Waals surface area contributed by atoms with E-state index < -0.39 is 0 Å². The molecule has 6 heteroatoms. The van der Waals surface area contributed by atoms with Gasteiger partial charge in [0.1, 0.15) is 5.75 Å². The first kappa shape index (κ1) is 19.9. The number of anilines is 2. The predicted molar refractivity (Wildman–Crippen MR) is 117 cm³/mol. The summed E-state index contributed by atoms with van der Waals surface area (Å²) in [5.41, 5.74) is 4.62. The molecule has 3 aromatic rings. The Labute approximate surface area is 170 Å². The minimum Gasteiger partial charge on any atom is -0.496 e. The number of nitrogens with zero attached hydrogens (tertiary/aromatic N) is 2. The van der Waals surface area contributed by atoms with Crippen LogP contribution >= 0.6 is 11.3 Å². The molecule has 1 amide bonds. The number of aromatic nitrogens is 1. The number of carbonyl (C=O) groups is 1. The van der Waals surface area contributed by atoms with Gasteiger partial charge >= 0.3 is 0 Å². The number of ether oxygens (including phenoxy) is 1. The van der Waals surface area contributed by atoms with Gasteiger partial charge in [0.15, 0.2) is 5.13 Å². The van der Waals surface area contributed by atoms with E-state index >= 15 is 0 Å². The van der Waals surface area contributed by atoms with Crippen molar-refractivity contribution >= 4 is 28.1 Å². The largest absolute Gasteiger partial charge is 0.496 e. The van der Waals surface area contributed by atoms with Gasteiger partial charge in [-0.2, -0.15) is 0 Å². The molecule has 1 aromatic heterocycles. The number of nitrogens with one attached hydrogen (secondary N) is 1. The highest BCUT2D eigenvalue weighted by atomic mass is 32.1. The summed E-state index contributed by atoms with van der Waals surface area (Å²) >= 11 is 1.42. The molecule has 146 valence electrons. The lowest BCUT2D eigenvalue weighted by molar-refractivity contribution is 0.102. The Morgan fingerprint density at radius 2 is 1.86 bits per heavy atom. The molecular weight excluding hydrogens is 370 g/mol. The Morgan fingerprint density at radius 3 is 2.46 bits per heavy atom. The maximum atomic E-state index is 12.5. The Hall–Kier alpha value is -2.86. The van der Waals surface area contributed by atoms with E-state index in [9.17, 15) is 4.79 Å². The molecule has 2 aromatic carbocycles. The first-order valence-electron chi connectivity index (χ1n) is 9.32. The van der Waals surface area contributed by atoms with Gasteiger partial charge in [-0.3, -0.25) is 10.1 Å². The van der Waals surface area contributed by atoms with Gasteiger partial charge in [0, 0.05) is 35.3 Å². The molecule has 0 bridgehead atoms. The van der Waals surface area contributed by atoms with Crippen LogP contribution in [0.3, 0.4) is 0 Å². The standard InChI is InChI=1S/C22H25N3O2S/c1-5-25(6-2)18-10-7-16(8-11-18)21(26)24-22-23-19(14-28-22)17-9-12-20(27-4)15(3)13-17/h7-14H,5-6H2,1-4H3,(H,23,24,26). The number of hydrogen-bond acceptors (Lipinski definition) is 5. The minimum atomic E-state index is -0.155. The smallest absolute Gasteiger partial charge is 0.257 e. The SMILES string of the molecule is CCN(CC)c1ccc(C(=O)Nc2nc(-c3ccc(OC)c(C)c3)cs2)cc1. The highest BCUT2D eigenvalue weighted by Crippen LogP contribution is 2.29. The van der Waals surface area contributed by atoms with Crippen LogP contribution in [0.1, 0.15) is 29.8 Å². The van der Waals surface area contributed by atoms with E-state index in [1.807, 2.05) is 54.8 Å². The number of rotatable bonds is 7. The van der Waals surface area contributed by atoms with Crippen LogP contribution in [-0.2, 0) is 0 Å². The van der Waals surface area contributed by atoms with Gasteiger partial charge in [-0.1, -0.05) is 0 Å². The van der Waals surface area contributed by atoms with Crippen molar-refractivity contribution in [3.63, 3.8) is 0 Å². The van der Waals surface area contributed by atoms with Crippen molar-refractivity contribution in [2.24, 2.45) is 0 Å². The zero-order valence-electron chi connectivity index (χ0n) is 16.7. The van der Waals surface area contributed by atoms with E-state index in [1.54, 1.807) is 7.11 Å². The predicted octanol–water partition coefficient (Wildman–Crippen LogP) is 5.23. The molecule has 5 nitrogen and oxygen atoms in total. The highest BCUT2D eigenvalue weighted by molar-refractivity contribution is 7.14. The molecule has 1 heterocycles. The van der Waals surface area contributed by atoms with Crippen molar-refractivity contribution in [3.05, 3.63) is 59.0 Å². The van der Waals surface area contributed by atoms with Crippen molar-refractivity contribution in [1.82, 2.24) is 4.98 Å². The van der Waals surface area contributed by atoms with Crippen molar-refractivity contribution < 1.29 is 9.53 Å². The first-order valence-corrected chi connectivity index (χ1v) is 10.2. The van der Waals surface area contributed by atoms with Gasteiger partial charge in [0.05, 0.1) is 12.8 Å². The number of benzene rings is 2. The molecule has 28 heavy (non-hydrogen) atoms. The third kappa shape index (κ3) is 4.34. The van der Waals surface area contributed by atoms with Crippen LogP contribution in [0.25, 0.3) is 11.3 Å². The number of methoxy groups -OCH3 is 1. The van der Waals surface area contributed by atoms with Crippen LogP contribution in [0.15, 0.2) is 47.8 Å². The van der Waals surface area contributed by atoms with Gasteiger partial charge < -0.3 is 9.64 Å². The van der Waals surface area contributed by atoms with Gasteiger partial charge in [0.25, 0.3) is 5.91 Å². The number of aryl methyl sites for hydroxylation is 1. The summed E-state index contributed by atoms with van der Waals surface area (Å²) in [7, 11) is 1.66. The summed E-state index contributed by atoms with van der Waals surface area (Å²) in [5.74, 6) is 0.693. The van der Waals surface area contributed by atoms with Crippen molar-refractivity contribution in [3.8, 4) is 17.0 Å². The molecule has 0 spiro atoms. The zero-order valence-corrected chi connectivity index (χ0v) is 17.5. The van der Waals surface area contributed by atoms with E-state index in [-0.39, 0.29) is 5.91 Å². The molecule has 3 rings (SSSR count). The number of carbonyl (C=O) groups excluding carboxylic acids is 1. The van der Waals surface area contributed by atoms with Gasteiger partial charge in [-0.15, -0.1) is 11.3 Å². The van der Waals surface area contributed by atoms with Crippen LogP contribution < -0.4 is 15.0 Å². The second-order valence-corrected chi connectivity index (χ2v) is 7.25. The Bertz CT molecular complexity index is 947. The maximum absolute atomic E-state index is 12.5. The second-order valence-electron chi connectivity index (χ2n) is 6.40. The number of thiazole rings is 1. The summed E-state index contributed by atoms with van der Waals surface area (Å²) in [6.45, 7) is 8.12. The highest BCUT2D eigenvalue weighted by Gasteiger charge is 2.12. The fourth-order valence-electron chi connectivity index (χ4n) is 3.08. The van der Waals surface area contributed by atoms with Crippen LogP contribution in [0.4, 0.5) is 10.8 Å². The van der Waals surface area contributed by atoms with E-state index in [4.69, 9.17) is 4.74 Å². The topological polar surface area (TPSA) is 54.5 Å². The van der Waals surface area contributed by atoms with Crippen LogP contribution in [0.5, 0.6) is 5.75 Å². The van der Waals surface area contributed by atoms with Crippen LogP contribution in [0, 0.1) is 6.92 Å². The third-order valence-corrected chi connectivity index (χ3v) is 5.43. The Balaban J connectivity index is 1.71. The molecule has 0 fully saturated rings. The van der Waals surface area contributed by atoms with E-state index in [0.29, 0.717) is 10.7 Å². The molecule has 0 aliphatic carbocycles. The summed E-state index contributed by atoms with van der Waals surface area (Å²) in [6, 6.07) is 13.6. The van der Waals surface area contributed by atoms with E-state index in [2.05, 4.69) is 29.0 Å². The third-order valence-electron chi connectivity index (χ3n) is 4.67. The first-order chi connectivity index (χ1) is 13.5. The van der Waals surface area contributed by atoms with Crippen molar-refractivity contribution in [1.29, 1.82) is 0 Å². The molecule has 0 unspecified atom stereocenters. The van der Waals surface area contributed by atoms with Crippen molar-refractivity contribution in [2.75, 3.05) is 30.4 Å². The molecule has 0 aliphatic rings. The zero-order chi connectivity index (χ0) is 20.1. The fourth-order valence-corrected chi connectivity index (χ4v) is 3.80. The number of hydrogen-bond donors (Lipinski definition) is 1. The van der Waals surface area contributed by atoms with Crippen molar-refractivity contribution in [2.45, 2.75) is 20.8 Å². The molecule has 0 saturated carbocycles. The molecule has 1 N–H and O–H groups in total. The van der Waals surface area contributed by atoms with Gasteiger partial charge in [-0.25, -0.2) is 4.98 Å². The van der Waals surface area contributed by atoms with Gasteiger partial charge in [0.2, 0.25) is 0 Å². The quantitative estimate of drug-likeness (QED) is 0.595. The Morgan fingerprint density at radius 1 is 1.14 bits per heavy atom. The fraction of sp³-hybridized carbons (Fsp3) is 0.273. The summed E-state index contributed by atoms with van der Waals surface area (Å²) in [4.78, 5) is 19.3. The second kappa shape index (κ2) is 8.89. The summed E-state index contributed by atoms with van der Waals surface area (Å²) < 4.78 is 5.30.